The predicted octanol–water partition coefficient (Wildman–Crippen LogP) is 1.75. The van der Waals surface area contributed by atoms with Crippen LogP contribution in [0.5, 0.6) is 0 Å². The number of thiazole rings is 1. The van der Waals surface area contributed by atoms with Crippen molar-refractivity contribution in [2.75, 3.05) is 20.3 Å². The number of nitrogens with zero attached hydrogens (tertiary/aromatic N) is 2. The number of likely N-dealkylation sites (tertiary alicyclic amines) is 1. The highest BCUT2D eigenvalue weighted by molar-refractivity contribution is 7.09. The minimum absolute atomic E-state index is 0.613. The highest BCUT2D eigenvalue weighted by Crippen LogP contribution is 2.21. The van der Waals surface area contributed by atoms with Gasteiger partial charge in [0.15, 0.2) is 0 Å². The van der Waals surface area contributed by atoms with Crippen molar-refractivity contribution in [3.05, 3.63) is 16.6 Å². The zero-order valence-corrected chi connectivity index (χ0v) is 9.30. The standard InChI is InChI=1S/C10H16N2OS/c1-13-7-9-3-2-4-12(9)6-10-5-11-8-14-10/h5,8-9H,2-4,6-7H2,1H3/t9-/m0/s1. The largest absolute Gasteiger partial charge is 0.383 e. The molecule has 4 heteroatoms. The number of aromatic nitrogens is 1. The molecule has 0 aromatic carbocycles. The molecule has 1 saturated heterocycles. The fraction of sp³-hybridized carbons (Fsp3) is 0.700. The molecule has 0 aliphatic carbocycles. The molecule has 78 valence electrons. The first kappa shape index (κ1) is 10.1. The molecule has 0 amide bonds. The molecular weight excluding hydrogens is 196 g/mol. The average Bonchev–Trinajstić information content (AvgIpc) is 2.80. The van der Waals surface area contributed by atoms with Gasteiger partial charge in [-0.15, -0.1) is 11.3 Å². The van der Waals surface area contributed by atoms with Gasteiger partial charge in [0.2, 0.25) is 0 Å². The Morgan fingerprint density at radius 1 is 1.71 bits per heavy atom. The molecule has 1 aliphatic heterocycles. The maximum atomic E-state index is 5.22. The Bertz CT molecular complexity index is 263. The summed E-state index contributed by atoms with van der Waals surface area (Å²) in [6, 6.07) is 0.613. The zero-order valence-electron chi connectivity index (χ0n) is 8.48. The predicted molar refractivity (Wildman–Crippen MR) is 57.4 cm³/mol. The summed E-state index contributed by atoms with van der Waals surface area (Å²) >= 11 is 1.74. The van der Waals surface area contributed by atoms with Gasteiger partial charge in [0, 0.05) is 30.8 Å². The van der Waals surface area contributed by atoms with Crippen LogP contribution in [-0.4, -0.2) is 36.2 Å². The molecule has 1 fully saturated rings. The van der Waals surface area contributed by atoms with Crippen molar-refractivity contribution in [2.24, 2.45) is 0 Å². The van der Waals surface area contributed by atoms with Crippen LogP contribution in [0, 0.1) is 0 Å². The summed E-state index contributed by atoms with van der Waals surface area (Å²) in [6.45, 7) is 3.10. The number of hydrogen-bond acceptors (Lipinski definition) is 4. The summed E-state index contributed by atoms with van der Waals surface area (Å²) < 4.78 is 5.22. The summed E-state index contributed by atoms with van der Waals surface area (Å²) in [5.41, 5.74) is 1.90. The monoisotopic (exact) mass is 212 g/mol. The van der Waals surface area contributed by atoms with Gasteiger partial charge in [-0.3, -0.25) is 9.88 Å². The van der Waals surface area contributed by atoms with Gasteiger partial charge >= 0.3 is 0 Å². The van der Waals surface area contributed by atoms with E-state index in [1.165, 1.54) is 24.3 Å². The third kappa shape index (κ3) is 2.32. The molecule has 0 saturated carbocycles. The highest BCUT2D eigenvalue weighted by Gasteiger charge is 2.24. The van der Waals surface area contributed by atoms with E-state index in [1.54, 1.807) is 18.4 Å². The van der Waals surface area contributed by atoms with Gasteiger partial charge < -0.3 is 4.74 Å². The quantitative estimate of drug-likeness (QED) is 0.760. The van der Waals surface area contributed by atoms with E-state index in [-0.39, 0.29) is 0 Å². The number of ether oxygens (including phenoxy) is 1. The van der Waals surface area contributed by atoms with Crippen molar-refractivity contribution in [1.82, 2.24) is 9.88 Å². The lowest BCUT2D eigenvalue weighted by Gasteiger charge is -2.22. The Labute approximate surface area is 88.7 Å². The molecule has 0 radical (unpaired) electrons. The van der Waals surface area contributed by atoms with Crippen molar-refractivity contribution < 1.29 is 4.74 Å². The highest BCUT2D eigenvalue weighted by atomic mass is 32.1. The molecule has 1 aromatic rings. The normalized spacial score (nSPS) is 23.1. The van der Waals surface area contributed by atoms with E-state index in [2.05, 4.69) is 9.88 Å². The SMILES string of the molecule is COC[C@@H]1CCCN1Cc1cncs1. The summed E-state index contributed by atoms with van der Waals surface area (Å²) in [7, 11) is 1.78. The van der Waals surface area contributed by atoms with Gasteiger partial charge in [-0.2, -0.15) is 0 Å². The van der Waals surface area contributed by atoms with E-state index in [0.29, 0.717) is 6.04 Å². The van der Waals surface area contributed by atoms with Crippen LogP contribution in [0.1, 0.15) is 17.7 Å². The van der Waals surface area contributed by atoms with Crippen molar-refractivity contribution in [3.63, 3.8) is 0 Å². The first-order chi connectivity index (χ1) is 6.90. The molecule has 0 N–H and O–H groups in total. The lowest BCUT2D eigenvalue weighted by molar-refractivity contribution is 0.112. The molecule has 0 bridgehead atoms. The van der Waals surface area contributed by atoms with E-state index in [4.69, 9.17) is 4.74 Å². The maximum Gasteiger partial charge on any atom is 0.0794 e. The van der Waals surface area contributed by atoms with Crippen molar-refractivity contribution in [3.8, 4) is 0 Å². The summed E-state index contributed by atoms with van der Waals surface area (Å²) in [5, 5.41) is 0. The van der Waals surface area contributed by atoms with Gasteiger partial charge in [-0.05, 0) is 19.4 Å². The van der Waals surface area contributed by atoms with E-state index in [9.17, 15) is 0 Å². The van der Waals surface area contributed by atoms with Gasteiger partial charge in [-0.1, -0.05) is 0 Å². The first-order valence-corrected chi connectivity index (χ1v) is 5.88. The smallest absolute Gasteiger partial charge is 0.0794 e. The van der Waals surface area contributed by atoms with E-state index >= 15 is 0 Å². The lowest BCUT2D eigenvalue weighted by Crippen LogP contribution is -2.32. The molecule has 1 aromatic heterocycles. The second-order valence-electron chi connectivity index (χ2n) is 3.69. The van der Waals surface area contributed by atoms with Gasteiger partial charge in [-0.25, -0.2) is 0 Å². The summed E-state index contributed by atoms with van der Waals surface area (Å²) in [6.07, 6.45) is 4.53. The Hall–Kier alpha value is -0.450. The molecule has 0 spiro atoms. The summed E-state index contributed by atoms with van der Waals surface area (Å²) in [5.74, 6) is 0. The second-order valence-corrected chi connectivity index (χ2v) is 4.66. The molecule has 3 nitrogen and oxygen atoms in total. The van der Waals surface area contributed by atoms with Crippen LogP contribution in [0.3, 0.4) is 0 Å². The molecule has 1 atom stereocenters. The topological polar surface area (TPSA) is 25.4 Å². The molecular formula is C10H16N2OS. The molecule has 14 heavy (non-hydrogen) atoms. The Balaban J connectivity index is 1.90. The van der Waals surface area contributed by atoms with Gasteiger partial charge in [0.25, 0.3) is 0 Å². The fourth-order valence-corrected chi connectivity index (χ4v) is 2.62. The van der Waals surface area contributed by atoms with Gasteiger partial charge in [0.1, 0.15) is 0 Å². The van der Waals surface area contributed by atoms with Crippen LogP contribution < -0.4 is 0 Å². The lowest BCUT2D eigenvalue weighted by atomic mass is 10.2. The molecule has 0 unspecified atom stereocenters. The van der Waals surface area contributed by atoms with E-state index in [1.807, 2.05) is 11.7 Å². The minimum atomic E-state index is 0.613. The van der Waals surface area contributed by atoms with Crippen molar-refractivity contribution in [2.45, 2.75) is 25.4 Å². The molecule has 2 heterocycles. The fourth-order valence-electron chi connectivity index (χ4n) is 2.00. The second kappa shape index (κ2) is 4.87. The Kier molecular flexibility index (Phi) is 3.50. The van der Waals surface area contributed by atoms with Crippen LogP contribution in [-0.2, 0) is 11.3 Å². The van der Waals surface area contributed by atoms with E-state index in [0.717, 1.165) is 13.2 Å². The maximum absolute atomic E-state index is 5.22. The summed E-state index contributed by atoms with van der Waals surface area (Å²) in [4.78, 5) is 7.95. The average molecular weight is 212 g/mol. The minimum Gasteiger partial charge on any atom is -0.383 e. The zero-order chi connectivity index (χ0) is 9.80. The van der Waals surface area contributed by atoms with E-state index < -0.39 is 0 Å². The Morgan fingerprint density at radius 3 is 3.36 bits per heavy atom. The van der Waals surface area contributed by atoms with Crippen LogP contribution >= 0.6 is 11.3 Å². The Morgan fingerprint density at radius 2 is 2.64 bits per heavy atom. The van der Waals surface area contributed by atoms with Gasteiger partial charge in [0.05, 0.1) is 12.1 Å². The van der Waals surface area contributed by atoms with Crippen LogP contribution in [0.25, 0.3) is 0 Å². The van der Waals surface area contributed by atoms with Crippen LogP contribution in [0.15, 0.2) is 11.7 Å². The third-order valence-electron chi connectivity index (χ3n) is 2.70. The van der Waals surface area contributed by atoms with Crippen LogP contribution in [0.2, 0.25) is 0 Å². The first-order valence-electron chi connectivity index (χ1n) is 5.00. The third-order valence-corrected chi connectivity index (χ3v) is 3.46. The number of hydrogen-bond donors (Lipinski definition) is 0. The number of rotatable bonds is 4. The van der Waals surface area contributed by atoms with Crippen molar-refractivity contribution >= 4 is 11.3 Å². The molecule has 1 aliphatic rings. The van der Waals surface area contributed by atoms with Crippen molar-refractivity contribution in [1.29, 1.82) is 0 Å². The van der Waals surface area contributed by atoms with Crippen LogP contribution in [0.4, 0.5) is 0 Å². The number of methoxy groups -OCH3 is 1. The molecule has 2 rings (SSSR count).